The van der Waals surface area contributed by atoms with E-state index in [1.165, 1.54) is 262 Å². The second kappa shape index (κ2) is 38.4. The van der Waals surface area contributed by atoms with E-state index in [1.807, 2.05) is 0 Å². The molecule has 146 heavy (non-hydrogen) atoms. The highest BCUT2D eigenvalue weighted by molar-refractivity contribution is 6.89. The van der Waals surface area contributed by atoms with Gasteiger partial charge in [-0.3, -0.25) is 0 Å². The molecule has 0 saturated heterocycles. The number of aryl methyl sites for hydroxylation is 2. The van der Waals surface area contributed by atoms with E-state index >= 15 is 0 Å². The van der Waals surface area contributed by atoms with Crippen LogP contribution in [-0.4, -0.2) is 16.1 Å². The Balaban J connectivity index is 0.000000115. The molecule has 0 radical (unpaired) electrons. The van der Waals surface area contributed by atoms with E-state index in [-0.39, 0.29) is 21.7 Å². The number of hydrogen-bond acceptors (Lipinski definition) is 0. The standard InChI is InChI=1S/2C38H36.C36H36Si2.C32H24/c1-37(2,3)27-20-22-32-33(23-27)35(26-14-8-7-9-15-26)31-21-19-28(38(4,5)6)24-34(31)36(32)30-18-12-16-25-13-10-11-17-29(25)30;1-37(2,3)29-19-21-32-33(23-29)35(26-13-8-7-9-14-26)31-20-18-30(38(4,5)6)24-34(31)36(32)28-17-16-25-12-10-11-15-27(25)22-28;1-37(2,3)27-20-22-32-33(23-27)35(26-14-8-7-9-15-26)31-21-19-28(38(4,5)6)24-34(31)36(32)30-18-12-16-25-13-10-11-17-29(25)30;1-21-13-17-28-29(18-21)31(24-9-4-3-5-10-24)27-16-12-22(2)19-30(27)32(28)26-15-14-23-8-6-7-11-25(23)20-26/h3*7-24H,1-6H3;3-20H,1-2H3. The summed E-state index contributed by atoms with van der Waals surface area (Å²) in [7, 11) is -3.03. The quantitative estimate of drug-likeness (QED) is 0.0946. The summed E-state index contributed by atoms with van der Waals surface area (Å²) in [5, 5.41) is 34.5. The molecule has 0 amide bonds. The first-order chi connectivity index (χ1) is 70.0. The minimum absolute atomic E-state index is 0.0577. The van der Waals surface area contributed by atoms with Crippen LogP contribution in [0.15, 0.2) is 437 Å². The minimum Gasteiger partial charge on any atom is -0.0656 e. The molecule has 0 bridgehead atoms. The maximum absolute atomic E-state index is 2.52. The number of hydrogen-bond donors (Lipinski definition) is 0. The van der Waals surface area contributed by atoms with Gasteiger partial charge in [-0.05, 0) is 312 Å². The van der Waals surface area contributed by atoms with Crippen LogP contribution in [-0.2, 0) is 21.7 Å². The van der Waals surface area contributed by atoms with E-state index in [9.17, 15) is 0 Å². The summed E-state index contributed by atoms with van der Waals surface area (Å²) in [6.07, 6.45) is 0. The van der Waals surface area contributed by atoms with Crippen LogP contribution < -0.4 is 10.4 Å². The Morgan fingerprint density at radius 2 is 0.370 bits per heavy atom. The normalized spacial score (nSPS) is 12.2. The topological polar surface area (TPSA) is 0 Å². The molecule has 24 rings (SSSR count). The van der Waals surface area contributed by atoms with Crippen molar-refractivity contribution in [2.45, 2.75) is 158 Å². The van der Waals surface area contributed by atoms with Gasteiger partial charge in [-0.15, -0.1) is 0 Å². The molecule has 2 heteroatoms. The molecule has 0 N–H and O–H groups in total. The molecule has 24 aromatic rings. The lowest BCUT2D eigenvalue weighted by atomic mass is 9.79. The summed E-state index contributed by atoms with van der Waals surface area (Å²) in [4.78, 5) is 0. The number of rotatable bonds is 10. The van der Waals surface area contributed by atoms with Crippen molar-refractivity contribution in [3.8, 4) is 89.0 Å². The highest BCUT2D eigenvalue weighted by Crippen LogP contribution is 2.53. The summed E-state index contributed by atoms with van der Waals surface area (Å²) in [5.41, 5.74) is 29.2. The average molecular weight is 1920 g/mol. The molecule has 24 aromatic carbocycles. The van der Waals surface area contributed by atoms with Crippen molar-refractivity contribution in [1.82, 2.24) is 0 Å². The summed E-state index contributed by atoms with van der Waals surface area (Å²) >= 11 is 0. The van der Waals surface area contributed by atoms with Crippen LogP contribution in [0.1, 0.15) is 116 Å². The minimum atomic E-state index is -1.52. The van der Waals surface area contributed by atoms with Crippen molar-refractivity contribution in [3.63, 3.8) is 0 Å². The predicted octanol–water partition coefficient (Wildman–Crippen LogP) is 40.8. The van der Waals surface area contributed by atoms with E-state index in [0.29, 0.717) is 0 Å². The predicted molar refractivity (Wildman–Crippen MR) is 650 cm³/mol. The highest BCUT2D eigenvalue weighted by atomic mass is 28.3. The molecule has 0 heterocycles. The summed E-state index contributed by atoms with van der Waals surface area (Å²) in [5.74, 6) is 0. The molecular weight excluding hydrogens is 1790 g/mol. The van der Waals surface area contributed by atoms with Gasteiger partial charge in [0.1, 0.15) is 0 Å². The van der Waals surface area contributed by atoms with Gasteiger partial charge < -0.3 is 0 Å². The van der Waals surface area contributed by atoms with Gasteiger partial charge >= 0.3 is 0 Å². The van der Waals surface area contributed by atoms with Crippen LogP contribution in [0.25, 0.3) is 218 Å². The van der Waals surface area contributed by atoms with Gasteiger partial charge in [0.15, 0.2) is 0 Å². The van der Waals surface area contributed by atoms with Crippen LogP contribution in [0.5, 0.6) is 0 Å². The third kappa shape index (κ3) is 18.8. The van der Waals surface area contributed by atoms with Gasteiger partial charge in [-0.25, -0.2) is 0 Å². The fourth-order valence-electron chi connectivity index (χ4n) is 22.4. The van der Waals surface area contributed by atoms with Gasteiger partial charge in [0.25, 0.3) is 0 Å². The molecular formula is C144H132Si2. The fraction of sp³-hybridized carbons (Fsp3) is 0.167. The van der Waals surface area contributed by atoms with Crippen LogP contribution >= 0.6 is 0 Å². The number of fused-ring (bicyclic) bond motifs is 12. The molecule has 0 unspecified atom stereocenters. The number of benzene rings is 24. The van der Waals surface area contributed by atoms with Gasteiger partial charge in [-0.1, -0.05) is 544 Å². The molecule has 0 aliphatic heterocycles. The van der Waals surface area contributed by atoms with E-state index in [4.69, 9.17) is 0 Å². The zero-order valence-corrected chi connectivity index (χ0v) is 90.6. The Bertz CT molecular complexity index is 8870. The maximum atomic E-state index is 2.52. The van der Waals surface area contributed by atoms with Crippen LogP contribution in [0.3, 0.4) is 0 Å². The van der Waals surface area contributed by atoms with Crippen molar-refractivity contribution in [1.29, 1.82) is 0 Å². The zero-order valence-electron chi connectivity index (χ0n) is 88.6. The summed E-state index contributed by atoms with van der Waals surface area (Å²) in [6, 6.07) is 163. The molecule has 716 valence electrons. The van der Waals surface area contributed by atoms with Gasteiger partial charge in [0, 0.05) is 0 Å². The van der Waals surface area contributed by atoms with Crippen LogP contribution in [0.4, 0.5) is 0 Å². The highest BCUT2D eigenvalue weighted by Gasteiger charge is 2.30. The third-order valence-electron chi connectivity index (χ3n) is 30.4. The van der Waals surface area contributed by atoms with Gasteiger partial charge in [-0.2, -0.15) is 0 Å². The molecule has 0 saturated carbocycles. The molecule has 0 spiro atoms. The van der Waals surface area contributed by atoms with Crippen molar-refractivity contribution >= 4 is 156 Å². The van der Waals surface area contributed by atoms with E-state index < -0.39 is 16.1 Å². The van der Waals surface area contributed by atoms with Crippen molar-refractivity contribution < 1.29 is 0 Å². The zero-order chi connectivity index (χ0) is 102. The van der Waals surface area contributed by atoms with E-state index in [2.05, 4.69) is 573 Å². The third-order valence-corrected chi connectivity index (χ3v) is 34.5. The SMILES string of the molecule is CC(C)(C)c1ccc2c(-c3ccc4ccccc4c3)c3cc(C(C)(C)C)ccc3c(-c3ccccc3)c2c1.CC(C)(C)c1ccc2c(-c3cccc4ccccc34)c3cc(C(C)(C)C)ccc3c(-c3ccccc3)c2c1.C[Si](C)(C)c1ccc2c(-c3cccc4ccccc34)c3cc([Si](C)(C)C)ccc3c(-c3ccccc3)c2c1.Cc1ccc2c(-c3ccc4ccccc4c3)c3cc(C)ccc3c(-c3ccccc3)c2c1. The average Bonchev–Trinajstić information content (AvgIpc) is 0.731. The first-order valence-corrected chi connectivity index (χ1v) is 59.3. The van der Waals surface area contributed by atoms with Crippen LogP contribution in [0, 0.1) is 13.8 Å². The van der Waals surface area contributed by atoms with Crippen molar-refractivity contribution in [2.24, 2.45) is 0 Å². The maximum Gasteiger partial charge on any atom is 0.0776 e. The molecule has 0 fully saturated rings. The lowest BCUT2D eigenvalue weighted by Crippen LogP contribution is -2.37. The van der Waals surface area contributed by atoms with Gasteiger partial charge in [0.2, 0.25) is 0 Å². The molecule has 0 aromatic heterocycles. The van der Waals surface area contributed by atoms with Crippen molar-refractivity contribution in [2.75, 3.05) is 0 Å². The van der Waals surface area contributed by atoms with Crippen LogP contribution in [0.2, 0.25) is 39.3 Å². The summed E-state index contributed by atoms with van der Waals surface area (Å²) in [6.45, 7) is 46.7. The molecule has 0 nitrogen and oxygen atoms in total. The second-order valence-electron chi connectivity index (χ2n) is 46.8. The first-order valence-electron chi connectivity index (χ1n) is 52.3. The molecule has 0 aliphatic carbocycles. The molecule has 0 atom stereocenters. The summed E-state index contributed by atoms with van der Waals surface area (Å²) < 4.78 is 0. The smallest absolute Gasteiger partial charge is 0.0656 e. The Morgan fingerprint density at radius 1 is 0.144 bits per heavy atom. The van der Waals surface area contributed by atoms with Gasteiger partial charge in [0.05, 0.1) is 16.1 Å². The Morgan fingerprint density at radius 3 is 0.671 bits per heavy atom. The Kier molecular flexibility index (Phi) is 25.5. The monoisotopic (exact) mass is 1920 g/mol. The Hall–Kier alpha value is -15.2. The second-order valence-corrected chi connectivity index (χ2v) is 57.0. The lowest BCUT2D eigenvalue weighted by molar-refractivity contribution is 0.590. The lowest BCUT2D eigenvalue weighted by Gasteiger charge is -2.25. The van der Waals surface area contributed by atoms with E-state index in [0.717, 1.165) is 0 Å². The molecule has 0 aliphatic rings. The van der Waals surface area contributed by atoms with Crippen molar-refractivity contribution in [3.05, 3.63) is 470 Å². The Labute approximate surface area is 866 Å². The fourth-order valence-corrected chi connectivity index (χ4v) is 24.7. The van der Waals surface area contributed by atoms with E-state index in [1.54, 1.807) is 0 Å². The first kappa shape index (κ1) is 96.9. The largest absolute Gasteiger partial charge is 0.0776 e.